The molecule has 0 atom stereocenters. The summed E-state index contributed by atoms with van der Waals surface area (Å²) < 4.78 is 32.3. The Morgan fingerprint density at radius 3 is 1.88 bits per heavy atom. The fourth-order valence-electron chi connectivity index (χ4n) is 2.21. The smallest absolute Gasteiger partial charge is 0.208 e. The summed E-state index contributed by atoms with van der Waals surface area (Å²) in [6, 6.07) is 0. The standard InChI is InChI=1S/C18H26O7/c1-13-14(9-7-6-8-10-19)16(25-12-21-3)18(23-5)17(22-4)15(13)24-11-20-2/h6-9,19H,10-12H2,1-5H3. The third-order valence-electron chi connectivity index (χ3n) is 3.27. The van der Waals surface area contributed by atoms with Gasteiger partial charge in [-0.3, -0.25) is 0 Å². The minimum atomic E-state index is -0.0372. The van der Waals surface area contributed by atoms with Crippen LogP contribution in [0, 0.1) is 6.92 Å². The predicted molar refractivity (Wildman–Crippen MR) is 94.6 cm³/mol. The molecule has 7 heteroatoms. The van der Waals surface area contributed by atoms with Gasteiger partial charge in [0.25, 0.3) is 0 Å². The molecule has 0 aliphatic heterocycles. The minimum Gasteiger partial charge on any atom is -0.490 e. The van der Waals surface area contributed by atoms with Crippen molar-refractivity contribution in [2.45, 2.75) is 6.92 Å². The van der Waals surface area contributed by atoms with E-state index >= 15 is 0 Å². The average Bonchev–Trinajstić information content (AvgIpc) is 2.63. The summed E-state index contributed by atoms with van der Waals surface area (Å²) in [6.07, 6.45) is 6.95. The number of allylic oxidation sites excluding steroid dienone is 2. The largest absolute Gasteiger partial charge is 0.490 e. The molecule has 0 amide bonds. The van der Waals surface area contributed by atoms with Gasteiger partial charge in [-0.25, -0.2) is 0 Å². The summed E-state index contributed by atoms with van der Waals surface area (Å²) in [5.74, 6) is 1.77. The maximum atomic E-state index is 8.85. The molecule has 1 aromatic rings. The molecule has 1 N–H and O–H groups in total. The quantitative estimate of drug-likeness (QED) is 0.483. The molecule has 25 heavy (non-hydrogen) atoms. The van der Waals surface area contributed by atoms with Crippen LogP contribution < -0.4 is 18.9 Å². The Balaban J connectivity index is 3.55. The Morgan fingerprint density at radius 1 is 0.800 bits per heavy atom. The van der Waals surface area contributed by atoms with Gasteiger partial charge in [0.15, 0.2) is 25.1 Å². The molecule has 0 aromatic heterocycles. The van der Waals surface area contributed by atoms with E-state index in [-0.39, 0.29) is 20.2 Å². The van der Waals surface area contributed by atoms with Crippen LogP contribution in [0.15, 0.2) is 18.2 Å². The van der Waals surface area contributed by atoms with Gasteiger partial charge in [0.2, 0.25) is 11.5 Å². The van der Waals surface area contributed by atoms with Crippen molar-refractivity contribution in [3.05, 3.63) is 29.4 Å². The number of aliphatic hydroxyl groups excluding tert-OH is 1. The van der Waals surface area contributed by atoms with Gasteiger partial charge in [-0.1, -0.05) is 24.3 Å². The number of methoxy groups -OCH3 is 4. The van der Waals surface area contributed by atoms with Crippen LogP contribution in [0.5, 0.6) is 23.0 Å². The highest BCUT2D eigenvalue weighted by molar-refractivity contribution is 5.75. The van der Waals surface area contributed by atoms with E-state index in [0.29, 0.717) is 23.0 Å². The third kappa shape index (κ3) is 5.38. The van der Waals surface area contributed by atoms with Crippen LogP contribution in [0.1, 0.15) is 11.1 Å². The Morgan fingerprint density at radius 2 is 1.36 bits per heavy atom. The molecular formula is C18H26O7. The summed E-state index contributed by atoms with van der Waals surface area (Å²) in [5, 5.41) is 8.85. The van der Waals surface area contributed by atoms with Gasteiger partial charge in [-0.15, -0.1) is 0 Å². The molecule has 0 aliphatic carbocycles. The predicted octanol–water partition coefficient (Wildman–Crippen LogP) is 2.54. The van der Waals surface area contributed by atoms with Gasteiger partial charge in [-0.05, 0) is 6.92 Å². The molecule has 0 saturated heterocycles. The average molecular weight is 354 g/mol. The topological polar surface area (TPSA) is 75.6 Å². The first-order valence-electron chi connectivity index (χ1n) is 7.62. The molecule has 140 valence electrons. The molecule has 0 radical (unpaired) electrons. The lowest BCUT2D eigenvalue weighted by Crippen LogP contribution is -2.08. The van der Waals surface area contributed by atoms with E-state index in [0.717, 1.165) is 11.1 Å². The molecule has 0 heterocycles. The van der Waals surface area contributed by atoms with Gasteiger partial charge < -0.3 is 33.5 Å². The lowest BCUT2D eigenvalue weighted by atomic mass is 10.0. The maximum absolute atomic E-state index is 8.85. The van der Waals surface area contributed by atoms with Crippen molar-refractivity contribution >= 4 is 6.08 Å². The van der Waals surface area contributed by atoms with E-state index in [2.05, 4.69) is 0 Å². The van der Waals surface area contributed by atoms with Crippen LogP contribution in [0.2, 0.25) is 0 Å². The van der Waals surface area contributed by atoms with E-state index in [1.807, 2.05) is 13.0 Å². The molecule has 7 nitrogen and oxygen atoms in total. The third-order valence-corrected chi connectivity index (χ3v) is 3.27. The molecule has 1 aromatic carbocycles. The van der Waals surface area contributed by atoms with E-state index in [4.69, 9.17) is 33.5 Å². The van der Waals surface area contributed by atoms with Gasteiger partial charge in [0.1, 0.15) is 0 Å². The SMILES string of the molecule is COCOc1c(C)c(C=CC=CCO)c(OCOC)c(OC)c1OC. The molecule has 0 fully saturated rings. The normalized spacial score (nSPS) is 11.3. The van der Waals surface area contributed by atoms with Crippen molar-refractivity contribution in [2.24, 2.45) is 0 Å². The summed E-state index contributed by atoms with van der Waals surface area (Å²) >= 11 is 0. The van der Waals surface area contributed by atoms with Gasteiger partial charge in [0.05, 0.1) is 20.8 Å². The van der Waals surface area contributed by atoms with Crippen molar-refractivity contribution < 1.29 is 33.5 Å². The zero-order chi connectivity index (χ0) is 18.7. The van der Waals surface area contributed by atoms with Crippen LogP contribution in [0.25, 0.3) is 6.08 Å². The van der Waals surface area contributed by atoms with Gasteiger partial charge >= 0.3 is 0 Å². The fraction of sp³-hybridized carbons (Fsp3) is 0.444. The van der Waals surface area contributed by atoms with Crippen LogP contribution in [0.4, 0.5) is 0 Å². The number of ether oxygens (including phenoxy) is 6. The second kappa shape index (κ2) is 11.4. The zero-order valence-electron chi connectivity index (χ0n) is 15.3. The Labute approximate surface area is 148 Å². The monoisotopic (exact) mass is 354 g/mol. The first-order valence-corrected chi connectivity index (χ1v) is 7.62. The lowest BCUT2D eigenvalue weighted by Gasteiger charge is -2.21. The second-order valence-electron chi connectivity index (χ2n) is 4.83. The lowest BCUT2D eigenvalue weighted by molar-refractivity contribution is 0.0443. The Kier molecular flexibility index (Phi) is 9.46. The number of rotatable bonds is 11. The Bertz CT molecular complexity index is 594. The Hall–Kier alpha value is -2.22. The highest BCUT2D eigenvalue weighted by atomic mass is 16.7. The van der Waals surface area contributed by atoms with Gasteiger partial charge in [-0.2, -0.15) is 0 Å². The highest BCUT2D eigenvalue weighted by Gasteiger charge is 2.25. The van der Waals surface area contributed by atoms with Gasteiger partial charge in [0, 0.05) is 25.3 Å². The van der Waals surface area contributed by atoms with Crippen molar-refractivity contribution in [3.63, 3.8) is 0 Å². The number of hydrogen-bond donors (Lipinski definition) is 1. The fourth-order valence-corrected chi connectivity index (χ4v) is 2.21. The first kappa shape index (κ1) is 20.8. The van der Waals surface area contributed by atoms with Crippen LogP contribution >= 0.6 is 0 Å². The van der Waals surface area contributed by atoms with Crippen molar-refractivity contribution in [2.75, 3.05) is 48.6 Å². The maximum Gasteiger partial charge on any atom is 0.208 e. The molecule has 0 unspecified atom stereocenters. The number of hydrogen-bond acceptors (Lipinski definition) is 7. The molecule has 0 bridgehead atoms. The number of aliphatic hydroxyl groups is 1. The molecule has 0 saturated carbocycles. The van der Waals surface area contributed by atoms with Crippen molar-refractivity contribution in [1.82, 2.24) is 0 Å². The summed E-state index contributed by atoms with van der Waals surface area (Å²) in [7, 11) is 6.12. The molecule has 0 spiro atoms. The molecule has 0 aliphatic rings. The van der Waals surface area contributed by atoms with Crippen molar-refractivity contribution in [1.29, 1.82) is 0 Å². The van der Waals surface area contributed by atoms with Crippen LogP contribution in [-0.2, 0) is 9.47 Å². The molecule has 1 rings (SSSR count). The zero-order valence-corrected chi connectivity index (χ0v) is 15.3. The van der Waals surface area contributed by atoms with E-state index in [9.17, 15) is 0 Å². The summed E-state index contributed by atoms with van der Waals surface area (Å²) in [5.41, 5.74) is 1.53. The van der Waals surface area contributed by atoms with E-state index in [1.165, 1.54) is 28.4 Å². The van der Waals surface area contributed by atoms with E-state index in [1.54, 1.807) is 18.2 Å². The van der Waals surface area contributed by atoms with Crippen molar-refractivity contribution in [3.8, 4) is 23.0 Å². The highest BCUT2D eigenvalue weighted by Crippen LogP contribution is 2.50. The van der Waals surface area contributed by atoms with E-state index < -0.39 is 0 Å². The summed E-state index contributed by atoms with van der Waals surface area (Å²) in [6.45, 7) is 1.95. The molecular weight excluding hydrogens is 328 g/mol. The minimum absolute atomic E-state index is 0.0372. The van der Waals surface area contributed by atoms with Crippen LogP contribution in [0.3, 0.4) is 0 Å². The first-order chi connectivity index (χ1) is 12.2. The van der Waals surface area contributed by atoms with Crippen LogP contribution in [-0.4, -0.2) is 53.7 Å². The second-order valence-corrected chi connectivity index (χ2v) is 4.83. The summed E-state index contributed by atoms with van der Waals surface area (Å²) in [4.78, 5) is 0. The number of benzene rings is 1.